The van der Waals surface area contributed by atoms with Gasteiger partial charge in [0, 0.05) is 37.7 Å². The summed E-state index contributed by atoms with van der Waals surface area (Å²) in [6.07, 6.45) is -3.48. The first-order valence-electron chi connectivity index (χ1n) is 8.76. The van der Waals surface area contributed by atoms with Crippen LogP contribution in [0.2, 0.25) is 0 Å². The van der Waals surface area contributed by atoms with Gasteiger partial charge in [-0.2, -0.15) is 18.3 Å². The molecule has 1 fully saturated rings. The number of halogens is 3. The standard InChI is InChI=1S/C20H20F3N3/c21-20(22,23)16-8-4-7-15(11-16)19-17-13-26(10-9-18(17)24-25-19)12-14-5-2-1-3-6-14/h1-8,11,17,19,25H,9-10,12-13H2. The summed E-state index contributed by atoms with van der Waals surface area (Å²) in [7, 11) is 0. The van der Waals surface area contributed by atoms with Crippen molar-refractivity contribution in [1.82, 2.24) is 10.3 Å². The number of likely N-dealkylation sites (tertiary alicyclic amines) is 1. The van der Waals surface area contributed by atoms with Gasteiger partial charge in [-0.15, -0.1) is 0 Å². The van der Waals surface area contributed by atoms with Crippen LogP contribution in [0, 0.1) is 5.92 Å². The summed E-state index contributed by atoms with van der Waals surface area (Å²) >= 11 is 0. The Hall–Kier alpha value is -2.34. The second-order valence-corrected chi connectivity index (χ2v) is 6.91. The first kappa shape index (κ1) is 17.1. The second kappa shape index (κ2) is 6.76. The van der Waals surface area contributed by atoms with Crippen molar-refractivity contribution in [1.29, 1.82) is 0 Å². The molecular weight excluding hydrogens is 339 g/mol. The molecule has 0 bridgehead atoms. The average molecular weight is 359 g/mol. The molecule has 6 heteroatoms. The van der Waals surface area contributed by atoms with Gasteiger partial charge in [0.05, 0.1) is 11.6 Å². The van der Waals surface area contributed by atoms with Crippen LogP contribution in [0.5, 0.6) is 0 Å². The fourth-order valence-electron chi connectivity index (χ4n) is 3.81. The molecule has 136 valence electrons. The quantitative estimate of drug-likeness (QED) is 0.888. The summed E-state index contributed by atoms with van der Waals surface area (Å²) in [4.78, 5) is 2.35. The molecule has 2 aliphatic rings. The molecule has 0 radical (unpaired) electrons. The van der Waals surface area contributed by atoms with E-state index in [1.54, 1.807) is 6.07 Å². The average Bonchev–Trinajstić information content (AvgIpc) is 3.05. The van der Waals surface area contributed by atoms with Crippen molar-refractivity contribution in [3.8, 4) is 0 Å². The van der Waals surface area contributed by atoms with Gasteiger partial charge < -0.3 is 5.43 Å². The van der Waals surface area contributed by atoms with Crippen LogP contribution in [0.3, 0.4) is 0 Å². The number of piperidine rings is 1. The minimum atomic E-state index is -4.33. The lowest BCUT2D eigenvalue weighted by molar-refractivity contribution is -0.137. The van der Waals surface area contributed by atoms with E-state index in [2.05, 4.69) is 27.6 Å². The Labute approximate surface area is 150 Å². The molecule has 26 heavy (non-hydrogen) atoms. The molecule has 0 spiro atoms. The highest BCUT2D eigenvalue weighted by Crippen LogP contribution is 2.36. The topological polar surface area (TPSA) is 27.6 Å². The number of alkyl halides is 3. The Morgan fingerprint density at radius 1 is 1.08 bits per heavy atom. The lowest BCUT2D eigenvalue weighted by atomic mass is 9.86. The van der Waals surface area contributed by atoms with E-state index in [-0.39, 0.29) is 12.0 Å². The first-order valence-corrected chi connectivity index (χ1v) is 8.76. The van der Waals surface area contributed by atoms with Crippen LogP contribution in [0.25, 0.3) is 0 Å². The highest BCUT2D eigenvalue weighted by Gasteiger charge is 2.38. The summed E-state index contributed by atoms with van der Waals surface area (Å²) in [5, 5.41) is 4.41. The van der Waals surface area contributed by atoms with Gasteiger partial charge in [-0.3, -0.25) is 4.90 Å². The lowest BCUT2D eigenvalue weighted by Gasteiger charge is -2.33. The van der Waals surface area contributed by atoms with Crippen molar-refractivity contribution >= 4 is 5.71 Å². The summed E-state index contributed by atoms with van der Waals surface area (Å²) in [6, 6.07) is 15.6. The van der Waals surface area contributed by atoms with Gasteiger partial charge in [0.15, 0.2) is 0 Å². The molecule has 2 heterocycles. The third-order valence-corrected chi connectivity index (χ3v) is 5.14. The van der Waals surface area contributed by atoms with E-state index < -0.39 is 11.7 Å². The lowest BCUT2D eigenvalue weighted by Crippen LogP contribution is -2.41. The van der Waals surface area contributed by atoms with Crippen LogP contribution in [-0.4, -0.2) is 23.7 Å². The summed E-state index contributed by atoms with van der Waals surface area (Å²) in [5.74, 6) is 0.107. The molecule has 2 aromatic carbocycles. The van der Waals surface area contributed by atoms with Gasteiger partial charge in [-0.1, -0.05) is 42.5 Å². The molecule has 2 atom stereocenters. The highest BCUT2D eigenvalue weighted by molar-refractivity contribution is 5.89. The SMILES string of the molecule is FC(F)(F)c1cccc(C2NN=C3CCN(Cc4ccccc4)CC32)c1. The molecule has 2 unspecified atom stereocenters. The summed E-state index contributed by atoms with van der Waals surface area (Å²) in [5.41, 5.74) is 5.42. The molecule has 0 aliphatic carbocycles. The normalized spacial score (nSPS) is 23.3. The largest absolute Gasteiger partial charge is 0.416 e. The van der Waals surface area contributed by atoms with Gasteiger partial charge >= 0.3 is 6.18 Å². The zero-order valence-corrected chi connectivity index (χ0v) is 14.2. The fraction of sp³-hybridized carbons (Fsp3) is 0.350. The number of benzene rings is 2. The van der Waals surface area contributed by atoms with Gasteiger partial charge in [-0.25, -0.2) is 0 Å². The van der Waals surface area contributed by atoms with Gasteiger partial charge in [-0.05, 0) is 23.3 Å². The summed E-state index contributed by atoms with van der Waals surface area (Å²) in [6.45, 7) is 2.56. The van der Waals surface area contributed by atoms with E-state index in [0.29, 0.717) is 5.56 Å². The number of hydrazone groups is 1. The van der Waals surface area contributed by atoms with Crippen LogP contribution < -0.4 is 5.43 Å². The van der Waals surface area contributed by atoms with Crippen LogP contribution in [0.4, 0.5) is 13.2 Å². The Kier molecular flexibility index (Phi) is 4.44. The second-order valence-electron chi connectivity index (χ2n) is 6.91. The molecule has 1 saturated heterocycles. The Bertz CT molecular complexity index is 801. The highest BCUT2D eigenvalue weighted by atomic mass is 19.4. The van der Waals surface area contributed by atoms with Crippen molar-refractivity contribution in [3.63, 3.8) is 0 Å². The fourth-order valence-corrected chi connectivity index (χ4v) is 3.81. The van der Waals surface area contributed by atoms with Gasteiger partial charge in [0.25, 0.3) is 0 Å². The molecule has 1 N–H and O–H groups in total. The van der Waals surface area contributed by atoms with E-state index in [4.69, 9.17) is 0 Å². The molecule has 2 aromatic rings. The number of fused-ring (bicyclic) bond motifs is 1. The van der Waals surface area contributed by atoms with Gasteiger partial charge in [0.1, 0.15) is 0 Å². The zero-order valence-electron chi connectivity index (χ0n) is 14.2. The van der Waals surface area contributed by atoms with Crippen molar-refractivity contribution in [2.24, 2.45) is 11.0 Å². The van der Waals surface area contributed by atoms with Crippen LogP contribution in [0.15, 0.2) is 59.7 Å². The van der Waals surface area contributed by atoms with Crippen molar-refractivity contribution in [2.75, 3.05) is 13.1 Å². The maximum Gasteiger partial charge on any atom is 0.416 e. The Morgan fingerprint density at radius 3 is 2.65 bits per heavy atom. The molecule has 2 aliphatic heterocycles. The molecule has 0 saturated carbocycles. The number of nitrogens with zero attached hydrogens (tertiary/aromatic N) is 2. The molecule has 4 rings (SSSR count). The monoisotopic (exact) mass is 359 g/mol. The Balaban J connectivity index is 1.51. The number of hydrogen-bond acceptors (Lipinski definition) is 3. The summed E-state index contributed by atoms with van der Waals surface area (Å²) < 4.78 is 39.1. The maximum absolute atomic E-state index is 13.0. The number of hydrogen-bond donors (Lipinski definition) is 1. The third-order valence-electron chi connectivity index (χ3n) is 5.14. The molecule has 3 nitrogen and oxygen atoms in total. The van der Waals surface area contributed by atoms with E-state index in [0.717, 1.165) is 37.8 Å². The van der Waals surface area contributed by atoms with E-state index in [1.165, 1.54) is 17.7 Å². The maximum atomic E-state index is 13.0. The van der Waals surface area contributed by atoms with Gasteiger partial charge in [0.2, 0.25) is 0 Å². The van der Waals surface area contributed by atoms with Crippen molar-refractivity contribution < 1.29 is 13.2 Å². The van der Waals surface area contributed by atoms with E-state index in [9.17, 15) is 13.2 Å². The van der Waals surface area contributed by atoms with E-state index >= 15 is 0 Å². The van der Waals surface area contributed by atoms with Crippen molar-refractivity contribution in [2.45, 2.75) is 25.2 Å². The van der Waals surface area contributed by atoms with Crippen LogP contribution in [0.1, 0.15) is 29.2 Å². The van der Waals surface area contributed by atoms with Crippen molar-refractivity contribution in [3.05, 3.63) is 71.3 Å². The first-order chi connectivity index (χ1) is 12.5. The Morgan fingerprint density at radius 2 is 1.88 bits per heavy atom. The zero-order chi connectivity index (χ0) is 18.1. The van der Waals surface area contributed by atoms with E-state index in [1.807, 2.05) is 18.2 Å². The third kappa shape index (κ3) is 3.46. The number of nitrogens with one attached hydrogen (secondary N) is 1. The van der Waals surface area contributed by atoms with Crippen LogP contribution >= 0.6 is 0 Å². The number of rotatable bonds is 3. The molecule has 0 amide bonds. The molecule has 0 aromatic heterocycles. The predicted octanol–water partition coefficient (Wildman–Crippen LogP) is 4.23. The molecular formula is C20H20F3N3. The van der Waals surface area contributed by atoms with Crippen LogP contribution in [-0.2, 0) is 12.7 Å². The smallest absolute Gasteiger partial charge is 0.302 e. The minimum Gasteiger partial charge on any atom is -0.302 e. The minimum absolute atomic E-state index is 0.107. The predicted molar refractivity (Wildman–Crippen MR) is 94.6 cm³/mol.